The fourth-order valence-corrected chi connectivity index (χ4v) is 3.71. The summed E-state index contributed by atoms with van der Waals surface area (Å²) in [5.74, 6) is -0.660. The zero-order valence-electron chi connectivity index (χ0n) is 15.9. The van der Waals surface area contributed by atoms with Gasteiger partial charge in [0, 0.05) is 48.5 Å². The average Bonchev–Trinajstić information content (AvgIpc) is 3.02. The van der Waals surface area contributed by atoms with Gasteiger partial charge in [-0.1, -0.05) is 11.6 Å². The van der Waals surface area contributed by atoms with Crippen molar-refractivity contribution in [3.63, 3.8) is 0 Å². The number of nitrogens with zero attached hydrogens (tertiary/aromatic N) is 3. The summed E-state index contributed by atoms with van der Waals surface area (Å²) in [5, 5.41) is 0.470. The molecule has 0 N–H and O–H groups in total. The maximum atomic E-state index is 12.7. The summed E-state index contributed by atoms with van der Waals surface area (Å²) in [4.78, 5) is 40.2. The van der Waals surface area contributed by atoms with Crippen molar-refractivity contribution in [1.82, 2.24) is 9.47 Å². The molecule has 8 heteroatoms. The molecule has 0 atom stereocenters. The normalized spacial score (nSPS) is 14.4. The van der Waals surface area contributed by atoms with Gasteiger partial charge in [-0.25, -0.2) is 4.79 Å². The minimum absolute atomic E-state index is 0.0382. The number of piperazine rings is 1. The van der Waals surface area contributed by atoms with Gasteiger partial charge >= 0.3 is 5.76 Å². The van der Waals surface area contributed by atoms with Crippen LogP contribution in [0.15, 0.2) is 51.7 Å². The monoisotopic (exact) mass is 413 g/mol. The predicted octanol–water partition coefficient (Wildman–Crippen LogP) is 2.80. The van der Waals surface area contributed by atoms with E-state index in [1.807, 2.05) is 24.3 Å². The SMILES string of the molecule is CC(=O)c1ccc(N2CCN(C(=O)Cn3c(=O)oc4cc(Cl)ccc43)CC2)cc1. The van der Waals surface area contributed by atoms with E-state index in [9.17, 15) is 14.4 Å². The molecule has 29 heavy (non-hydrogen) atoms. The van der Waals surface area contributed by atoms with Crippen molar-refractivity contribution in [2.24, 2.45) is 0 Å². The minimum atomic E-state index is -0.570. The van der Waals surface area contributed by atoms with E-state index in [1.54, 1.807) is 30.0 Å². The number of Topliss-reactive ketones (excluding diaryl/α,β-unsaturated/α-hetero) is 1. The number of rotatable bonds is 4. The summed E-state index contributed by atoms with van der Waals surface area (Å²) < 4.78 is 6.52. The number of halogens is 1. The maximum Gasteiger partial charge on any atom is 0.420 e. The molecule has 7 nitrogen and oxygen atoms in total. The zero-order valence-corrected chi connectivity index (χ0v) is 16.7. The summed E-state index contributed by atoms with van der Waals surface area (Å²) >= 11 is 5.93. The van der Waals surface area contributed by atoms with Gasteiger partial charge in [0.2, 0.25) is 5.91 Å². The van der Waals surface area contributed by atoms with E-state index in [4.69, 9.17) is 16.0 Å². The van der Waals surface area contributed by atoms with Crippen molar-refractivity contribution < 1.29 is 14.0 Å². The lowest BCUT2D eigenvalue weighted by Crippen LogP contribution is -2.50. The van der Waals surface area contributed by atoms with E-state index >= 15 is 0 Å². The van der Waals surface area contributed by atoms with Crippen molar-refractivity contribution in [3.8, 4) is 0 Å². The van der Waals surface area contributed by atoms with Crippen molar-refractivity contribution in [1.29, 1.82) is 0 Å². The van der Waals surface area contributed by atoms with Crippen LogP contribution in [-0.4, -0.2) is 47.3 Å². The number of amides is 1. The molecule has 4 rings (SSSR count). The van der Waals surface area contributed by atoms with E-state index in [2.05, 4.69) is 4.90 Å². The number of aromatic nitrogens is 1. The molecule has 1 saturated heterocycles. The number of carbonyl (C=O) groups excluding carboxylic acids is 2. The Labute approximate surface area is 172 Å². The number of hydrogen-bond acceptors (Lipinski definition) is 5. The molecule has 0 spiro atoms. The van der Waals surface area contributed by atoms with Crippen LogP contribution in [0.25, 0.3) is 11.1 Å². The minimum Gasteiger partial charge on any atom is -0.408 e. The van der Waals surface area contributed by atoms with Crippen LogP contribution in [-0.2, 0) is 11.3 Å². The van der Waals surface area contributed by atoms with Gasteiger partial charge in [-0.2, -0.15) is 0 Å². The molecule has 1 amide bonds. The second-order valence-electron chi connectivity index (χ2n) is 7.04. The third-order valence-electron chi connectivity index (χ3n) is 5.20. The van der Waals surface area contributed by atoms with Crippen molar-refractivity contribution in [2.45, 2.75) is 13.5 Å². The Bertz CT molecular complexity index is 1130. The third kappa shape index (κ3) is 3.91. The summed E-state index contributed by atoms with van der Waals surface area (Å²) in [5.41, 5.74) is 2.63. The van der Waals surface area contributed by atoms with Crippen molar-refractivity contribution >= 4 is 40.1 Å². The van der Waals surface area contributed by atoms with E-state index in [-0.39, 0.29) is 18.2 Å². The molecule has 2 heterocycles. The standard InChI is InChI=1S/C21H20ClN3O4/c1-14(26)15-2-5-17(6-3-15)23-8-10-24(11-9-23)20(27)13-25-18-7-4-16(22)12-19(18)29-21(25)28/h2-7,12H,8-11,13H2,1H3. The van der Waals surface area contributed by atoms with E-state index < -0.39 is 5.76 Å². The largest absolute Gasteiger partial charge is 0.420 e. The van der Waals surface area contributed by atoms with Crippen LogP contribution in [0.4, 0.5) is 5.69 Å². The first-order chi connectivity index (χ1) is 13.9. The number of anilines is 1. The number of fused-ring (bicyclic) bond motifs is 1. The highest BCUT2D eigenvalue weighted by Crippen LogP contribution is 2.20. The molecule has 150 valence electrons. The van der Waals surface area contributed by atoms with Gasteiger partial charge in [-0.05, 0) is 43.3 Å². The van der Waals surface area contributed by atoms with Crippen LogP contribution >= 0.6 is 11.6 Å². The van der Waals surface area contributed by atoms with Crippen LogP contribution in [0.1, 0.15) is 17.3 Å². The van der Waals surface area contributed by atoms with Gasteiger partial charge in [0.15, 0.2) is 11.4 Å². The Hall–Kier alpha value is -3.06. The Kier molecular flexibility index (Phi) is 5.15. The smallest absolute Gasteiger partial charge is 0.408 e. The lowest BCUT2D eigenvalue weighted by atomic mass is 10.1. The van der Waals surface area contributed by atoms with E-state index in [0.717, 1.165) is 5.69 Å². The molecule has 0 saturated carbocycles. The van der Waals surface area contributed by atoms with Crippen LogP contribution in [0.2, 0.25) is 5.02 Å². The Balaban J connectivity index is 1.41. The van der Waals surface area contributed by atoms with Crippen LogP contribution in [0.5, 0.6) is 0 Å². The molecule has 1 fully saturated rings. The lowest BCUT2D eigenvalue weighted by molar-refractivity contribution is -0.132. The average molecular weight is 414 g/mol. The molecular weight excluding hydrogens is 394 g/mol. The first kappa shape index (κ1) is 19.3. The second kappa shape index (κ2) is 7.75. The molecular formula is C21H20ClN3O4. The molecule has 0 unspecified atom stereocenters. The number of carbonyl (C=O) groups is 2. The quantitative estimate of drug-likeness (QED) is 0.615. The Morgan fingerprint density at radius 1 is 1.03 bits per heavy atom. The Morgan fingerprint density at radius 3 is 2.38 bits per heavy atom. The summed E-state index contributed by atoms with van der Waals surface area (Å²) in [7, 11) is 0. The topological polar surface area (TPSA) is 75.8 Å². The first-order valence-corrected chi connectivity index (χ1v) is 9.73. The second-order valence-corrected chi connectivity index (χ2v) is 7.47. The highest BCUT2D eigenvalue weighted by atomic mass is 35.5. The van der Waals surface area contributed by atoms with Crippen molar-refractivity contribution in [2.75, 3.05) is 31.1 Å². The highest BCUT2D eigenvalue weighted by molar-refractivity contribution is 6.31. The molecule has 1 aliphatic rings. The number of oxazole rings is 1. The number of hydrogen-bond donors (Lipinski definition) is 0. The van der Waals surface area contributed by atoms with Gasteiger partial charge < -0.3 is 14.2 Å². The van der Waals surface area contributed by atoms with E-state index in [0.29, 0.717) is 47.9 Å². The zero-order chi connectivity index (χ0) is 20.5. The molecule has 1 aromatic heterocycles. The van der Waals surface area contributed by atoms with E-state index in [1.165, 1.54) is 4.57 Å². The van der Waals surface area contributed by atoms with Gasteiger partial charge in [0.25, 0.3) is 0 Å². The molecule has 1 aliphatic heterocycles. The highest BCUT2D eigenvalue weighted by Gasteiger charge is 2.23. The Morgan fingerprint density at radius 2 is 1.72 bits per heavy atom. The number of benzene rings is 2. The predicted molar refractivity (Wildman–Crippen MR) is 111 cm³/mol. The van der Waals surface area contributed by atoms with Crippen LogP contribution < -0.4 is 10.7 Å². The molecule has 2 aromatic carbocycles. The fourth-order valence-electron chi connectivity index (χ4n) is 3.55. The molecule has 0 bridgehead atoms. The summed E-state index contributed by atoms with van der Waals surface area (Å²) in [6, 6.07) is 12.4. The summed E-state index contributed by atoms with van der Waals surface area (Å²) in [6.45, 7) is 3.96. The van der Waals surface area contributed by atoms with Gasteiger partial charge in [0.05, 0.1) is 5.52 Å². The lowest BCUT2D eigenvalue weighted by Gasteiger charge is -2.36. The molecule has 0 radical (unpaired) electrons. The maximum absolute atomic E-state index is 12.7. The molecule has 0 aliphatic carbocycles. The van der Waals surface area contributed by atoms with Crippen LogP contribution in [0.3, 0.4) is 0 Å². The van der Waals surface area contributed by atoms with Crippen LogP contribution in [0, 0.1) is 0 Å². The third-order valence-corrected chi connectivity index (χ3v) is 5.43. The molecule has 3 aromatic rings. The summed E-state index contributed by atoms with van der Waals surface area (Å²) in [6.07, 6.45) is 0. The fraction of sp³-hybridized carbons (Fsp3) is 0.286. The first-order valence-electron chi connectivity index (χ1n) is 9.35. The van der Waals surface area contributed by atoms with Gasteiger partial charge in [-0.3, -0.25) is 14.2 Å². The van der Waals surface area contributed by atoms with Gasteiger partial charge in [0.1, 0.15) is 6.54 Å². The number of ketones is 1. The van der Waals surface area contributed by atoms with Crippen molar-refractivity contribution in [3.05, 3.63) is 63.6 Å². The van der Waals surface area contributed by atoms with Gasteiger partial charge in [-0.15, -0.1) is 0 Å².